The number of ketones is 3. The number of β-amino-alcohol motifs (C(OH)–C–C–N with tert-alkyl or cyclic N) is 3. The molecule has 0 saturated carbocycles. The van der Waals surface area contributed by atoms with Crippen molar-refractivity contribution in [2.24, 2.45) is 5.92 Å². The van der Waals surface area contributed by atoms with E-state index in [1.54, 1.807) is 71.8 Å². The number of hydrogen-bond acceptors (Lipinski definition) is 21. The molecule has 9 heterocycles. The van der Waals surface area contributed by atoms with Crippen LogP contribution in [0.2, 0.25) is 0 Å². The van der Waals surface area contributed by atoms with Crippen LogP contribution in [0.3, 0.4) is 0 Å². The third-order valence-corrected chi connectivity index (χ3v) is 23.3. The summed E-state index contributed by atoms with van der Waals surface area (Å²) in [5, 5.41) is 49.0. The van der Waals surface area contributed by atoms with Gasteiger partial charge in [0, 0.05) is 76.8 Å². The van der Waals surface area contributed by atoms with E-state index in [-0.39, 0.29) is 86.3 Å². The highest BCUT2D eigenvalue weighted by molar-refractivity contribution is 7.14. The molecule has 0 radical (unpaired) electrons. The minimum absolute atomic E-state index is 0.0195. The van der Waals surface area contributed by atoms with Gasteiger partial charge in [0.15, 0.2) is 17.3 Å². The van der Waals surface area contributed by atoms with Crippen molar-refractivity contribution in [2.45, 2.75) is 193 Å². The molecule has 3 fully saturated rings. The number of nitrogens with zero attached hydrogens (tertiary/aromatic N) is 9. The first kappa shape index (κ1) is 76.5. The van der Waals surface area contributed by atoms with Gasteiger partial charge in [0.25, 0.3) is 0 Å². The molecule has 4 aliphatic rings. The number of benzene rings is 4. The normalized spacial score (nSPS) is 20.2. The standard InChI is InChI=1S/C31H37N3O4S.C25H29N3O4S.C24H27N3O4S/c1-20(2)28(33-15-24-6-4-5-7-25(24)16-33)30(37)34-17-31(38,18-35)14-26(34)27(36)13-10-22-8-11-23(12-9-22)29-21(3)32-19-39-29;1-4-20(23-11-15(2)27-32-23)25(31)28-13-19(29)12-21(28)22(30)10-7-17-5-8-18(9-6-17)24-16(3)26-14-33-24;1-14-10-22(31-26-14)15(2)24(30)27-12-19(28)11-20(27)21(29)9-6-17-4-7-18(8-5-17)23-16(3)25-13-32-23/h4-9,11-12,19-20,26,28,35,38H,10,13-18H2,1-3H3;5-6,8-9,11,14,19-21,29H,4,7,10,12-13H2,1-3H3;4-5,7-8,10,13,15,19-20,28H,6,9,11-12H2,1-3H3/t26-,28-,31-;19-,20-,21+;15-,19+,20-/m010/s1. The van der Waals surface area contributed by atoms with Crippen LogP contribution in [0.4, 0.5) is 0 Å². The highest BCUT2D eigenvalue weighted by atomic mass is 32.1. The molecule has 5 aromatic heterocycles. The first-order valence-corrected chi connectivity index (χ1v) is 38.4. The summed E-state index contributed by atoms with van der Waals surface area (Å²) >= 11 is 4.83. The summed E-state index contributed by atoms with van der Waals surface area (Å²) in [5.41, 5.74) is 17.4. The van der Waals surface area contributed by atoms with Gasteiger partial charge >= 0.3 is 0 Å². The zero-order valence-electron chi connectivity index (χ0n) is 60.4. The molecule has 3 saturated heterocycles. The van der Waals surface area contributed by atoms with Gasteiger partial charge in [-0.15, -0.1) is 34.0 Å². The van der Waals surface area contributed by atoms with Crippen molar-refractivity contribution in [3.63, 3.8) is 0 Å². The van der Waals surface area contributed by atoms with Crippen LogP contribution in [-0.4, -0.2) is 169 Å². The summed E-state index contributed by atoms with van der Waals surface area (Å²) in [4.78, 5) is 103. The Balaban J connectivity index is 0.000000157. The van der Waals surface area contributed by atoms with Gasteiger partial charge in [0.1, 0.15) is 17.1 Å². The van der Waals surface area contributed by atoms with Gasteiger partial charge < -0.3 is 44.2 Å². The van der Waals surface area contributed by atoms with Crippen LogP contribution in [0, 0.1) is 40.5 Å². The van der Waals surface area contributed by atoms with E-state index in [2.05, 4.69) is 78.7 Å². The van der Waals surface area contributed by atoms with Gasteiger partial charge in [-0.05, 0) is 118 Å². The van der Waals surface area contributed by atoms with Crippen molar-refractivity contribution in [2.75, 3.05) is 26.2 Å². The maximum Gasteiger partial charge on any atom is 0.240 e. The lowest BCUT2D eigenvalue weighted by Crippen LogP contribution is -2.53. The van der Waals surface area contributed by atoms with Crippen molar-refractivity contribution in [1.82, 2.24) is 44.9 Å². The molecular weight excluding hydrogens is 1380 g/mol. The Kier molecular flexibility index (Phi) is 25.1. The van der Waals surface area contributed by atoms with E-state index in [9.17, 15) is 49.2 Å². The molecule has 0 spiro atoms. The number of aryl methyl sites for hydroxylation is 8. The van der Waals surface area contributed by atoms with Crippen LogP contribution >= 0.6 is 34.0 Å². The molecule has 0 unspecified atom stereocenters. The lowest BCUT2D eigenvalue weighted by Gasteiger charge is -2.35. The van der Waals surface area contributed by atoms with Gasteiger partial charge in [0.2, 0.25) is 17.7 Å². The number of rotatable bonds is 24. The molecule has 0 bridgehead atoms. The number of aliphatic hydroxyl groups excluding tert-OH is 3. The Hall–Kier alpha value is -8.59. The zero-order valence-corrected chi connectivity index (χ0v) is 62.9. The molecule has 4 aromatic carbocycles. The zero-order chi connectivity index (χ0) is 74.1. The molecule has 4 aliphatic heterocycles. The highest BCUT2D eigenvalue weighted by Crippen LogP contribution is 2.37. The van der Waals surface area contributed by atoms with Crippen molar-refractivity contribution < 1.29 is 58.2 Å². The Labute approximate surface area is 619 Å². The average Bonchev–Trinajstić information content (AvgIpc) is 1.62. The molecule has 9 atom stereocenters. The third kappa shape index (κ3) is 18.0. The first-order chi connectivity index (χ1) is 49.9. The van der Waals surface area contributed by atoms with Crippen molar-refractivity contribution in [3.05, 3.63) is 194 Å². The summed E-state index contributed by atoms with van der Waals surface area (Å²) in [5.74, 6) is -0.759. The van der Waals surface area contributed by atoms with Crippen molar-refractivity contribution in [1.29, 1.82) is 0 Å². The lowest BCUT2D eigenvalue weighted by atomic mass is 9.95. The molecule has 3 amide bonds. The SMILES string of the molecule is CC[C@@H](C(=O)N1C[C@H](O)C[C@H]1C(=O)CCc1ccc(-c2scnc2C)cc1)c1cc(C)no1.Cc1cc([C@H](C)C(=O)N2C[C@H](O)C[C@H]2C(=O)CCc2ccc(-c3scnc3C)cc2)on1.Cc1ncsc1-c1ccc(CCC(=O)[C@@H]2C[C@@](O)(CO)CN2C(=O)[C@H](C(C)C)N2Cc3ccccc3C2)cc1. The second-order valence-corrected chi connectivity index (χ2v) is 31.0. The number of likely N-dealkylation sites (tertiary alicyclic amines) is 3. The molecule has 21 nitrogen and oxygen atoms in total. The van der Waals surface area contributed by atoms with Crippen LogP contribution in [-0.2, 0) is 61.1 Å². The van der Waals surface area contributed by atoms with E-state index in [1.165, 1.54) is 20.9 Å². The van der Waals surface area contributed by atoms with Gasteiger partial charge in [-0.3, -0.25) is 33.7 Å². The van der Waals surface area contributed by atoms with E-state index < -0.39 is 60.4 Å². The highest BCUT2D eigenvalue weighted by Gasteiger charge is 2.50. The number of carbonyl (C=O) groups is 6. The fourth-order valence-electron chi connectivity index (χ4n) is 14.6. The van der Waals surface area contributed by atoms with E-state index in [1.807, 2.05) is 107 Å². The van der Waals surface area contributed by atoms with Crippen LogP contribution in [0.15, 0.2) is 135 Å². The molecule has 548 valence electrons. The van der Waals surface area contributed by atoms with Gasteiger partial charge in [-0.1, -0.05) is 128 Å². The summed E-state index contributed by atoms with van der Waals surface area (Å²) in [6, 6.07) is 33.8. The Morgan fingerprint density at radius 2 is 0.952 bits per heavy atom. The molecule has 104 heavy (non-hydrogen) atoms. The number of fused-ring (bicyclic) bond motifs is 1. The van der Waals surface area contributed by atoms with E-state index >= 15 is 0 Å². The van der Waals surface area contributed by atoms with Gasteiger partial charge in [-0.25, -0.2) is 15.0 Å². The Morgan fingerprint density at radius 1 is 0.548 bits per heavy atom. The van der Waals surface area contributed by atoms with Crippen LogP contribution in [0.5, 0.6) is 0 Å². The molecular formula is C80H93N9O12S3. The summed E-state index contributed by atoms with van der Waals surface area (Å²) < 4.78 is 10.6. The monoisotopic (exact) mass is 1470 g/mol. The van der Waals surface area contributed by atoms with Crippen molar-refractivity contribution >= 4 is 69.1 Å². The number of thiazole rings is 3. The number of amides is 3. The fraction of sp³-hybridized carbons (Fsp3) is 0.438. The average molecular weight is 1470 g/mol. The third-order valence-electron chi connectivity index (χ3n) is 20.4. The molecule has 0 aliphatic carbocycles. The van der Waals surface area contributed by atoms with Gasteiger partial charge in [0.05, 0.1) is 121 Å². The maximum atomic E-state index is 14.0. The maximum absolute atomic E-state index is 14.0. The number of carbonyl (C=O) groups excluding carboxylic acids is 6. The van der Waals surface area contributed by atoms with Gasteiger partial charge in [-0.2, -0.15) is 0 Å². The second-order valence-electron chi connectivity index (χ2n) is 28.4. The van der Waals surface area contributed by atoms with Crippen LogP contribution in [0.1, 0.15) is 152 Å². The predicted octanol–water partition coefficient (Wildman–Crippen LogP) is 11.7. The molecule has 9 aromatic rings. The smallest absolute Gasteiger partial charge is 0.240 e. The van der Waals surface area contributed by atoms with Crippen LogP contribution in [0.25, 0.3) is 31.3 Å². The quantitative estimate of drug-likeness (QED) is 0.0437. The number of hydrogen-bond donors (Lipinski definition) is 4. The summed E-state index contributed by atoms with van der Waals surface area (Å²) in [6.07, 6.45) is 2.37. The molecule has 4 N–H and O–H groups in total. The van der Waals surface area contributed by atoms with E-state index in [4.69, 9.17) is 9.05 Å². The fourth-order valence-corrected chi connectivity index (χ4v) is 17.1. The second kappa shape index (κ2) is 34.1. The number of aromatic nitrogens is 5. The number of Topliss-reactive ketones (excluding diaryl/α,β-unsaturated/α-hetero) is 3. The Bertz CT molecular complexity index is 4420. The minimum atomic E-state index is -1.47. The summed E-state index contributed by atoms with van der Waals surface area (Å²) in [7, 11) is 0. The summed E-state index contributed by atoms with van der Waals surface area (Å²) in [6.45, 7) is 18.4. The predicted molar refractivity (Wildman–Crippen MR) is 399 cm³/mol. The number of aliphatic hydroxyl groups is 4. The Morgan fingerprint density at radius 3 is 1.32 bits per heavy atom. The first-order valence-electron chi connectivity index (χ1n) is 35.7. The van der Waals surface area contributed by atoms with Crippen LogP contribution < -0.4 is 0 Å². The topological polar surface area (TPSA) is 287 Å². The lowest BCUT2D eigenvalue weighted by molar-refractivity contribution is -0.144. The van der Waals surface area contributed by atoms with E-state index in [0.717, 1.165) is 65.1 Å². The molecule has 24 heteroatoms. The largest absolute Gasteiger partial charge is 0.393 e. The molecule has 13 rings (SSSR count). The minimum Gasteiger partial charge on any atom is -0.393 e. The van der Waals surface area contributed by atoms with Crippen molar-refractivity contribution in [3.8, 4) is 31.3 Å². The van der Waals surface area contributed by atoms with E-state index in [0.29, 0.717) is 74.5 Å².